The largest absolute Gasteiger partial charge is 0.360 e. The van der Waals surface area contributed by atoms with Crippen molar-refractivity contribution in [1.82, 2.24) is 5.16 Å². The van der Waals surface area contributed by atoms with Crippen molar-refractivity contribution in [2.45, 2.75) is 26.0 Å². The average molecular weight is 368 g/mol. The zero-order valence-electron chi connectivity index (χ0n) is 13.6. The molecule has 0 saturated carbocycles. The number of amides is 2. The Bertz CT molecular complexity index is 748. The lowest BCUT2D eigenvalue weighted by Crippen LogP contribution is -2.25. The molecule has 1 aromatic carbocycles. The van der Waals surface area contributed by atoms with E-state index in [0.717, 1.165) is 5.56 Å². The van der Waals surface area contributed by atoms with Gasteiger partial charge in [-0.15, -0.1) is 11.8 Å². The molecule has 2 amide bonds. The first kappa shape index (κ1) is 18.4. The van der Waals surface area contributed by atoms with Crippen molar-refractivity contribution in [3.8, 4) is 0 Å². The minimum atomic E-state index is -0.404. The smallest absolute Gasteiger partial charge is 0.238 e. The van der Waals surface area contributed by atoms with Gasteiger partial charge < -0.3 is 15.2 Å². The summed E-state index contributed by atoms with van der Waals surface area (Å²) in [6.07, 6.45) is 0. The summed E-state index contributed by atoms with van der Waals surface area (Å²) in [7, 11) is 0. The molecule has 2 rings (SSSR count). The van der Waals surface area contributed by atoms with Crippen LogP contribution in [0.3, 0.4) is 0 Å². The van der Waals surface area contributed by atoms with E-state index in [1.165, 1.54) is 11.8 Å². The maximum atomic E-state index is 12.0. The van der Waals surface area contributed by atoms with Crippen LogP contribution in [0.2, 0.25) is 5.02 Å². The van der Waals surface area contributed by atoms with Crippen LogP contribution in [0, 0.1) is 13.8 Å². The Kier molecular flexibility index (Phi) is 6.28. The minimum Gasteiger partial charge on any atom is -0.360 e. The Morgan fingerprint density at radius 3 is 2.67 bits per heavy atom. The molecule has 24 heavy (non-hydrogen) atoms. The number of carbonyl (C=O) groups excluding carboxylic acids is 2. The zero-order valence-corrected chi connectivity index (χ0v) is 15.1. The molecule has 0 fully saturated rings. The second-order valence-corrected chi connectivity index (χ2v) is 7.04. The Morgan fingerprint density at radius 2 is 2.04 bits per heavy atom. The summed E-state index contributed by atoms with van der Waals surface area (Å²) in [4.78, 5) is 24.0. The third kappa shape index (κ3) is 5.28. The number of nitrogens with one attached hydrogen (secondary N) is 2. The van der Waals surface area contributed by atoms with Crippen molar-refractivity contribution < 1.29 is 14.1 Å². The molecule has 0 aliphatic heterocycles. The van der Waals surface area contributed by atoms with Crippen molar-refractivity contribution in [3.63, 3.8) is 0 Å². The molecule has 0 aliphatic carbocycles. The molecule has 0 bridgehead atoms. The number of aromatic nitrogens is 1. The maximum absolute atomic E-state index is 12.0. The van der Waals surface area contributed by atoms with E-state index in [4.69, 9.17) is 16.1 Å². The van der Waals surface area contributed by atoms with Gasteiger partial charge in [0, 0.05) is 16.8 Å². The highest BCUT2D eigenvalue weighted by atomic mass is 35.5. The summed E-state index contributed by atoms with van der Waals surface area (Å²) in [5.74, 6) is 0.731. The van der Waals surface area contributed by atoms with Crippen molar-refractivity contribution in [2.24, 2.45) is 0 Å². The summed E-state index contributed by atoms with van der Waals surface area (Å²) in [5, 5.41) is 9.36. The monoisotopic (exact) mass is 367 g/mol. The second kappa shape index (κ2) is 8.21. The number of thioether (sulfide) groups is 1. The molecule has 0 saturated heterocycles. The Morgan fingerprint density at radius 1 is 1.29 bits per heavy atom. The average Bonchev–Trinajstić information content (AvgIpc) is 2.92. The number of nitrogens with zero attached hydrogens (tertiary/aromatic N) is 1. The fraction of sp³-hybridized carbons (Fsp3) is 0.312. The standard InChI is InChI=1S/C16H18ClN3O3S/c1-9-6-12(17)4-5-13(9)18-15(21)8-24-11(3)16(22)19-14-7-10(2)23-20-14/h4-7,11H,8H2,1-3H3,(H,18,21)(H,19,20,22)/t11-/m0/s1. The van der Waals surface area contributed by atoms with Crippen molar-refractivity contribution in [2.75, 3.05) is 16.4 Å². The number of carbonyl (C=O) groups is 2. The van der Waals surface area contributed by atoms with Gasteiger partial charge in [-0.25, -0.2) is 0 Å². The first-order chi connectivity index (χ1) is 11.3. The lowest BCUT2D eigenvalue weighted by molar-refractivity contribution is -0.115. The fourth-order valence-corrected chi connectivity index (χ4v) is 2.79. The van der Waals surface area contributed by atoms with Crippen LogP contribution in [0.25, 0.3) is 0 Å². The SMILES string of the molecule is Cc1cc(NC(=O)[C@H](C)SCC(=O)Nc2ccc(Cl)cc2C)no1. The van der Waals surface area contributed by atoms with E-state index >= 15 is 0 Å². The highest BCUT2D eigenvalue weighted by Gasteiger charge is 2.17. The normalized spacial score (nSPS) is 11.8. The van der Waals surface area contributed by atoms with E-state index in [2.05, 4.69) is 15.8 Å². The third-order valence-corrected chi connectivity index (χ3v) is 4.55. The van der Waals surface area contributed by atoms with Crippen LogP contribution in [0.15, 0.2) is 28.8 Å². The van der Waals surface area contributed by atoms with E-state index in [1.54, 1.807) is 38.1 Å². The van der Waals surface area contributed by atoms with Crippen molar-refractivity contribution in [1.29, 1.82) is 0 Å². The topological polar surface area (TPSA) is 84.2 Å². The van der Waals surface area contributed by atoms with E-state index in [9.17, 15) is 9.59 Å². The molecule has 0 unspecified atom stereocenters. The maximum Gasteiger partial charge on any atom is 0.238 e. The van der Waals surface area contributed by atoms with Crippen molar-refractivity contribution in [3.05, 3.63) is 40.6 Å². The first-order valence-corrected chi connectivity index (χ1v) is 8.69. The Labute approximate surface area is 149 Å². The third-order valence-electron chi connectivity index (χ3n) is 3.18. The Hall–Kier alpha value is -1.99. The summed E-state index contributed by atoms with van der Waals surface area (Å²) >= 11 is 7.12. The zero-order chi connectivity index (χ0) is 17.7. The highest BCUT2D eigenvalue weighted by Crippen LogP contribution is 2.20. The second-order valence-electron chi connectivity index (χ2n) is 5.27. The van der Waals surface area contributed by atoms with Gasteiger partial charge in [-0.3, -0.25) is 9.59 Å². The molecule has 128 valence electrons. The summed E-state index contributed by atoms with van der Waals surface area (Å²) < 4.78 is 4.88. The molecule has 8 heteroatoms. The lowest BCUT2D eigenvalue weighted by Gasteiger charge is -2.11. The quantitative estimate of drug-likeness (QED) is 0.814. The minimum absolute atomic E-state index is 0.161. The van der Waals surface area contributed by atoms with Crippen LogP contribution in [0.4, 0.5) is 11.5 Å². The molecule has 1 heterocycles. The predicted molar refractivity (Wildman–Crippen MR) is 96.6 cm³/mol. The molecule has 0 aliphatic rings. The lowest BCUT2D eigenvalue weighted by atomic mass is 10.2. The molecule has 2 N–H and O–H groups in total. The van der Waals surface area contributed by atoms with Crippen LogP contribution < -0.4 is 10.6 Å². The van der Waals surface area contributed by atoms with Crippen LogP contribution in [0.5, 0.6) is 0 Å². The highest BCUT2D eigenvalue weighted by molar-refractivity contribution is 8.01. The van der Waals surface area contributed by atoms with Gasteiger partial charge in [-0.1, -0.05) is 16.8 Å². The van der Waals surface area contributed by atoms with Gasteiger partial charge in [0.2, 0.25) is 11.8 Å². The van der Waals surface area contributed by atoms with E-state index in [-0.39, 0.29) is 17.6 Å². The molecule has 1 atom stereocenters. The van der Waals surface area contributed by atoms with Crippen LogP contribution in [-0.2, 0) is 9.59 Å². The van der Waals surface area contributed by atoms with Crippen molar-refractivity contribution >= 4 is 46.7 Å². The number of anilines is 2. The van der Waals surface area contributed by atoms with Gasteiger partial charge >= 0.3 is 0 Å². The van der Waals surface area contributed by atoms with Crippen LogP contribution >= 0.6 is 23.4 Å². The van der Waals surface area contributed by atoms with E-state index in [0.29, 0.717) is 22.3 Å². The van der Waals surface area contributed by atoms with E-state index in [1.807, 2.05) is 6.92 Å². The summed E-state index contributed by atoms with van der Waals surface area (Å²) in [6, 6.07) is 6.88. The van der Waals surface area contributed by atoms with Gasteiger partial charge in [-0.05, 0) is 44.5 Å². The molecular formula is C16H18ClN3O3S. The molecular weight excluding hydrogens is 350 g/mol. The van der Waals surface area contributed by atoms with Crippen LogP contribution in [-0.4, -0.2) is 28.0 Å². The number of halogens is 1. The first-order valence-electron chi connectivity index (χ1n) is 7.27. The number of hydrogen-bond donors (Lipinski definition) is 2. The van der Waals surface area contributed by atoms with Crippen LogP contribution in [0.1, 0.15) is 18.2 Å². The number of hydrogen-bond acceptors (Lipinski definition) is 5. The number of benzene rings is 1. The summed E-state index contributed by atoms with van der Waals surface area (Å²) in [6.45, 7) is 5.34. The Balaban J connectivity index is 1.81. The fourth-order valence-electron chi connectivity index (χ4n) is 1.88. The van der Waals surface area contributed by atoms with E-state index < -0.39 is 5.25 Å². The van der Waals surface area contributed by atoms with Gasteiger partial charge in [0.25, 0.3) is 0 Å². The van der Waals surface area contributed by atoms with Gasteiger partial charge in [0.05, 0.1) is 11.0 Å². The molecule has 1 aromatic heterocycles. The molecule has 2 aromatic rings. The molecule has 6 nitrogen and oxygen atoms in total. The number of aryl methyl sites for hydroxylation is 2. The molecule has 0 spiro atoms. The van der Waals surface area contributed by atoms with Gasteiger partial charge in [-0.2, -0.15) is 0 Å². The predicted octanol–water partition coefficient (Wildman–Crippen LogP) is 3.64. The molecule has 0 radical (unpaired) electrons. The van der Waals surface area contributed by atoms with Gasteiger partial charge in [0.1, 0.15) is 5.76 Å². The van der Waals surface area contributed by atoms with Gasteiger partial charge in [0.15, 0.2) is 5.82 Å². The summed E-state index contributed by atoms with van der Waals surface area (Å²) in [5.41, 5.74) is 1.59. The number of rotatable bonds is 6.